The summed E-state index contributed by atoms with van der Waals surface area (Å²) in [4.78, 5) is 109. The Balaban J connectivity index is 0.000000123. The maximum Gasteiger partial charge on any atom is 0.351 e. The van der Waals surface area contributed by atoms with Crippen molar-refractivity contribution in [3.8, 4) is 0 Å². The topological polar surface area (TPSA) is 361 Å². The van der Waals surface area contributed by atoms with Gasteiger partial charge in [-0.15, -0.1) is 0 Å². The van der Waals surface area contributed by atoms with Crippen LogP contribution in [-0.2, 0) is 87.1 Å². The highest BCUT2D eigenvalue weighted by molar-refractivity contribution is 7.45. The molecule has 38 heteroatoms. The molecular weight excluding hydrogens is 1770 g/mol. The van der Waals surface area contributed by atoms with Crippen LogP contribution in [0.5, 0.6) is 0 Å². The number of carbonyl (C=O) groups excluding carboxylic acids is 2. The largest absolute Gasteiger partial charge is 0.352 e. The van der Waals surface area contributed by atoms with Crippen molar-refractivity contribution in [3.05, 3.63) is 254 Å². The van der Waals surface area contributed by atoms with Crippen molar-refractivity contribution < 1.29 is 64.7 Å². The number of amides is 2. The second-order valence-electron chi connectivity index (χ2n) is 36.5. The minimum absolute atomic E-state index is 0.144. The Morgan fingerprint density at radius 1 is 0.394 bits per heavy atom. The zero-order chi connectivity index (χ0) is 92.7. The van der Waals surface area contributed by atoms with Gasteiger partial charge in [0.2, 0.25) is 11.8 Å². The van der Waals surface area contributed by atoms with Crippen LogP contribution in [0.3, 0.4) is 0 Å². The molecule has 4 aromatic carbocycles. The SMILES string of the molecule is CC[C@H]1O[C@@H](n2cc(C)c(=O)[nH]c2=O)CC1O[P@@]1O[C@](C)(c2ccccc2)[C@@H]2CCCN21.CC[C@H]1O[C@@H](n2cc(C)c(=O)[nH]c2=O)CC1O[P@]1O[C@@](C)(c2ccccc2)[C@H]2CCCN21.CC[C@H]1O[C@@H](n2ccc(NC(C)=O)nc2=O)CC1O[P@@]1O[C@](C)(c2ccccc2)[C@@H]2CCCN21.CC[C@H]1O[C@@H](n2ccc(NC(C)=O)nc2=O)CC1O[P@]1O[C@@](C)(c2ccccc2)[C@H]2CCCN21. The number of hydrogen-bond donors (Lipinski definition) is 4. The van der Waals surface area contributed by atoms with E-state index in [9.17, 15) is 38.4 Å². The molecule has 2 amide bonds. The molecule has 0 aliphatic carbocycles. The highest BCUT2D eigenvalue weighted by Crippen LogP contribution is 2.68. The summed E-state index contributed by atoms with van der Waals surface area (Å²) in [5.74, 6) is -0.0879. The Morgan fingerprint density at radius 3 is 0.879 bits per heavy atom. The summed E-state index contributed by atoms with van der Waals surface area (Å²) < 4.78 is 93.4. The molecule has 34 nitrogen and oxygen atoms in total. The zero-order valence-electron chi connectivity index (χ0n) is 76.8. The molecule has 4 N–H and O–H groups in total. The summed E-state index contributed by atoms with van der Waals surface area (Å²) in [6.45, 7) is 26.9. The lowest BCUT2D eigenvalue weighted by atomic mass is 9.87. The molecule has 12 aliphatic heterocycles. The zero-order valence-corrected chi connectivity index (χ0v) is 80.4. The number of nitrogens with one attached hydrogen (secondary N) is 4. The molecule has 12 saturated heterocycles. The number of benzene rings is 4. The fourth-order valence-electron chi connectivity index (χ4n) is 20.7. The van der Waals surface area contributed by atoms with E-state index < -0.39 is 104 Å². The Hall–Kier alpha value is -7.98. The number of carbonyl (C=O) groups is 2. The molecular formula is C94H122N14O20P4. The highest BCUT2D eigenvalue weighted by Gasteiger charge is 2.61. The number of rotatable bonds is 22. The molecule has 20 rings (SSSR count). The number of nitrogens with zero attached hydrogens (tertiary/aromatic N) is 10. The highest BCUT2D eigenvalue weighted by atomic mass is 31.2. The second-order valence-corrected chi connectivity index (χ2v) is 42.0. The van der Waals surface area contributed by atoms with E-state index in [4.69, 9.17) is 55.1 Å². The summed E-state index contributed by atoms with van der Waals surface area (Å²) in [6, 6.07) is 45.9. The molecule has 12 fully saturated rings. The van der Waals surface area contributed by atoms with Crippen LogP contribution in [0.2, 0.25) is 0 Å². The van der Waals surface area contributed by atoms with E-state index >= 15 is 0 Å². The number of aromatic nitrogens is 8. The van der Waals surface area contributed by atoms with Crippen LogP contribution in [0.4, 0.5) is 11.6 Å². The predicted octanol–water partition coefficient (Wildman–Crippen LogP) is 15.0. The summed E-state index contributed by atoms with van der Waals surface area (Å²) in [5.41, 5.74) is 1.43. The van der Waals surface area contributed by atoms with E-state index in [0.29, 0.717) is 48.9 Å². The first-order valence-electron chi connectivity index (χ1n) is 46.5. The molecule has 12 aliphatic rings. The molecule has 8 aromatic rings. The van der Waals surface area contributed by atoms with E-state index in [1.54, 1.807) is 50.8 Å². The van der Waals surface area contributed by atoms with Gasteiger partial charge in [0.05, 0.1) is 73.0 Å². The van der Waals surface area contributed by atoms with Crippen molar-refractivity contribution in [2.24, 2.45) is 0 Å². The fourth-order valence-corrected chi connectivity index (χ4v) is 29.3. The number of ether oxygens (including phenoxy) is 4. The third-order valence-electron chi connectivity index (χ3n) is 27.8. The minimum Gasteiger partial charge on any atom is -0.352 e. The van der Waals surface area contributed by atoms with Gasteiger partial charge in [-0.25, -0.2) is 37.9 Å². The predicted molar refractivity (Wildman–Crippen MR) is 499 cm³/mol. The number of aromatic amines is 2. The van der Waals surface area contributed by atoms with Crippen LogP contribution in [0, 0.1) is 13.8 Å². The maximum absolute atomic E-state index is 12.6. The van der Waals surface area contributed by atoms with Gasteiger partial charge in [0.15, 0.2) is 0 Å². The normalized spacial score (nSPS) is 34.0. The Labute approximate surface area is 772 Å². The van der Waals surface area contributed by atoms with Gasteiger partial charge in [0.25, 0.3) is 45.2 Å². The van der Waals surface area contributed by atoms with Crippen molar-refractivity contribution in [2.75, 3.05) is 36.8 Å². The first-order chi connectivity index (χ1) is 63.6. The van der Waals surface area contributed by atoms with E-state index in [-0.39, 0.29) is 95.5 Å². The van der Waals surface area contributed by atoms with Crippen molar-refractivity contribution in [3.63, 3.8) is 0 Å². The molecule has 0 saturated carbocycles. The maximum atomic E-state index is 12.6. The Morgan fingerprint density at radius 2 is 0.644 bits per heavy atom. The lowest BCUT2D eigenvalue weighted by Crippen LogP contribution is -2.36. The quantitative estimate of drug-likeness (QED) is 0.0458. The molecule has 24 atom stereocenters. The minimum atomic E-state index is -1.25. The lowest BCUT2D eigenvalue weighted by Gasteiger charge is -2.29. The lowest BCUT2D eigenvalue weighted by molar-refractivity contribution is -0.115. The molecule has 708 valence electrons. The van der Waals surface area contributed by atoms with Crippen LogP contribution in [-0.4, -0.2) is 168 Å². The molecule has 0 radical (unpaired) electrons. The summed E-state index contributed by atoms with van der Waals surface area (Å²) >= 11 is 0. The molecule has 0 bridgehead atoms. The summed E-state index contributed by atoms with van der Waals surface area (Å²) in [6.07, 6.45) is 17.1. The third kappa shape index (κ3) is 19.6. The van der Waals surface area contributed by atoms with E-state index in [1.165, 1.54) is 54.4 Å². The van der Waals surface area contributed by atoms with Crippen molar-refractivity contribution >= 4 is 57.6 Å². The summed E-state index contributed by atoms with van der Waals surface area (Å²) in [7, 11) is -4.98. The van der Waals surface area contributed by atoms with Crippen molar-refractivity contribution in [2.45, 2.75) is 306 Å². The average molecular weight is 1890 g/mol. The van der Waals surface area contributed by atoms with Gasteiger partial charge in [-0.3, -0.25) is 47.4 Å². The first kappa shape index (κ1) is 95.7. The average Bonchev–Trinajstić information content (AvgIpc) is 1.60. The van der Waals surface area contributed by atoms with Crippen LogP contribution >= 0.6 is 34.1 Å². The number of H-pyrrole nitrogens is 2. The third-order valence-corrected chi connectivity index (χ3v) is 35.3. The van der Waals surface area contributed by atoms with Crippen molar-refractivity contribution in [1.29, 1.82) is 0 Å². The Bertz CT molecular complexity index is 5410. The van der Waals surface area contributed by atoms with Crippen molar-refractivity contribution in [1.82, 2.24) is 56.9 Å². The monoisotopic (exact) mass is 1890 g/mol. The van der Waals surface area contributed by atoms with E-state index in [2.05, 4.69) is 202 Å². The van der Waals surface area contributed by atoms with Gasteiger partial charge in [-0.2, -0.15) is 9.97 Å². The van der Waals surface area contributed by atoms with Gasteiger partial charge in [-0.05, 0) is 153 Å². The number of aryl methyl sites for hydroxylation is 2. The van der Waals surface area contributed by atoms with Gasteiger partial charge >= 0.3 is 22.8 Å². The van der Waals surface area contributed by atoms with E-state index in [0.717, 1.165) is 103 Å². The Kier molecular flexibility index (Phi) is 29.6. The van der Waals surface area contributed by atoms with Gasteiger partial charge in [0, 0.05) is 102 Å². The van der Waals surface area contributed by atoms with Gasteiger partial charge in [-0.1, -0.05) is 149 Å². The summed E-state index contributed by atoms with van der Waals surface area (Å²) in [5, 5.41) is 5.07. The van der Waals surface area contributed by atoms with Gasteiger partial charge in [0.1, 0.15) is 59.0 Å². The van der Waals surface area contributed by atoms with Crippen LogP contribution < -0.4 is 44.5 Å². The standard InChI is InChI=1S/2C24H31N4O5P.2C23H30N3O5P/c2*1-4-18-19(15-22(31-18)27-14-12-21(25-16(2)29)26-23(27)30)32-34-28-13-8-11-20(28)24(3,33-34)17-9-6-5-7-10-17;2*1-4-17-18(13-20(29-17)25-14-15(2)21(27)24-22(25)28)30-32-26-12-8-11-19(26)23(3,31-32)16-9-6-5-7-10-16/h2*5-7,9-10,12,14,18-20,22H,4,8,11,13,15H2,1-3H3,(H,25,26,29,30);2*5-7,9-10,14,17-20H,4,8,11-13H2,1-3H3,(H,24,27,28)/t18-,19?,20+,22-,24-,34+;18-,19?,20-,22-,24+,34-;17-,18?,19+,20-,23-,32+;17-,18?,19-,20-,23+,32-/m1111/s1. The molecule has 16 heterocycles. The molecule has 132 heavy (non-hydrogen) atoms. The second kappa shape index (κ2) is 40.7. The molecule has 0 spiro atoms. The van der Waals surface area contributed by atoms with Crippen LogP contribution in [0.1, 0.15) is 230 Å². The van der Waals surface area contributed by atoms with Crippen LogP contribution in [0.25, 0.3) is 0 Å². The molecule has 4 unspecified atom stereocenters. The number of fused-ring (bicyclic) bond motifs is 4. The van der Waals surface area contributed by atoms with Gasteiger partial charge < -0.3 is 65.8 Å². The number of anilines is 2. The number of hydrogen-bond acceptors (Lipinski definition) is 26. The van der Waals surface area contributed by atoms with E-state index in [1.807, 2.05) is 24.3 Å². The first-order valence-corrected chi connectivity index (χ1v) is 51.0. The smallest absolute Gasteiger partial charge is 0.351 e. The fraction of sp³-hybridized carbons (Fsp3) is 0.553. The molecule has 4 aromatic heterocycles. The van der Waals surface area contributed by atoms with Crippen LogP contribution in [0.15, 0.2) is 187 Å².